The van der Waals surface area contributed by atoms with E-state index in [1.807, 2.05) is 38.1 Å². The van der Waals surface area contributed by atoms with Gasteiger partial charge in [-0.05, 0) is 67.6 Å². The number of nitrogens with one attached hydrogen (secondary N) is 2. The van der Waals surface area contributed by atoms with Gasteiger partial charge in [-0.25, -0.2) is 9.18 Å². The lowest BCUT2D eigenvalue weighted by Crippen LogP contribution is -2.45. The van der Waals surface area contributed by atoms with Gasteiger partial charge in [-0.15, -0.1) is 0 Å². The molecule has 138 valence electrons. The van der Waals surface area contributed by atoms with E-state index >= 15 is 0 Å². The van der Waals surface area contributed by atoms with Crippen LogP contribution in [0.5, 0.6) is 0 Å². The van der Waals surface area contributed by atoms with E-state index in [0.717, 1.165) is 35.2 Å². The van der Waals surface area contributed by atoms with E-state index in [0.29, 0.717) is 19.8 Å². The molecule has 1 fully saturated rings. The van der Waals surface area contributed by atoms with Crippen molar-refractivity contribution < 1.29 is 13.9 Å². The standard InChI is InChI=1S/C21H25FN2O2/c1-15-11-16(2)13-19(12-15)24-20(25)23-14-21(7-9-26-10-8-21)17-3-5-18(22)6-4-17/h3-6,11-13H,7-10,14H2,1-2H3,(H2,23,24,25). The number of amides is 2. The minimum Gasteiger partial charge on any atom is -0.381 e. The SMILES string of the molecule is Cc1cc(C)cc(NC(=O)NCC2(c3ccc(F)cc3)CCOCC2)c1. The predicted molar refractivity (Wildman–Crippen MR) is 101 cm³/mol. The first-order chi connectivity index (χ1) is 12.5. The third-order valence-electron chi connectivity index (χ3n) is 4.97. The van der Waals surface area contributed by atoms with Crippen LogP contribution in [0.15, 0.2) is 42.5 Å². The Balaban J connectivity index is 1.69. The highest BCUT2D eigenvalue weighted by Crippen LogP contribution is 2.34. The smallest absolute Gasteiger partial charge is 0.319 e. The maximum absolute atomic E-state index is 13.3. The van der Waals surface area contributed by atoms with Crippen LogP contribution in [0.1, 0.15) is 29.5 Å². The molecule has 0 atom stereocenters. The molecule has 1 aliphatic rings. The van der Waals surface area contributed by atoms with Gasteiger partial charge >= 0.3 is 6.03 Å². The summed E-state index contributed by atoms with van der Waals surface area (Å²) < 4.78 is 18.8. The maximum Gasteiger partial charge on any atom is 0.319 e. The zero-order valence-electron chi connectivity index (χ0n) is 15.3. The molecule has 2 aromatic carbocycles. The third-order valence-corrected chi connectivity index (χ3v) is 4.97. The molecule has 1 saturated heterocycles. The molecule has 0 aromatic heterocycles. The van der Waals surface area contributed by atoms with Crippen molar-refractivity contribution in [2.24, 2.45) is 0 Å². The number of hydrogen-bond acceptors (Lipinski definition) is 2. The van der Waals surface area contributed by atoms with Crippen molar-refractivity contribution in [1.29, 1.82) is 0 Å². The number of aryl methyl sites for hydroxylation is 2. The molecule has 2 N–H and O–H groups in total. The minimum atomic E-state index is -0.253. The van der Waals surface area contributed by atoms with Crippen LogP contribution in [-0.2, 0) is 10.2 Å². The highest BCUT2D eigenvalue weighted by molar-refractivity contribution is 5.89. The molecule has 0 bridgehead atoms. The highest BCUT2D eigenvalue weighted by atomic mass is 19.1. The minimum absolute atomic E-state index is 0.230. The molecule has 0 radical (unpaired) electrons. The van der Waals surface area contributed by atoms with E-state index in [2.05, 4.69) is 16.7 Å². The Morgan fingerprint density at radius 1 is 1.08 bits per heavy atom. The fraction of sp³-hybridized carbons (Fsp3) is 0.381. The largest absolute Gasteiger partial charge is 0.381 e. The lowest BCUT2D eigenvalue weighted by molar-refractivity contribution is 0.0508. The van der Waals surface area contributed by atoms with E-state index in [4.69, 9.17) is 4.74 Å². The number of hydrogen-bond donors (Lipinski definition) is 2. The molecule has 0 saturated carbocycles. The average Bonchev–Trinajstić information content (AvgIpc) is 2.60. The number of carbonyl (C=O) groups excluding carboxylic acids is 1. The zero-order chi connectivity index (χ0) is 18.6. The van der Waals surface area contributed by atoms with E-state index in [1.54, 1.807) is 0 Å². The summed E-state index contributed by atoms with van der Waals surface area (Å²) in [7, 11) is 0. The van der Waals surface area contributed by atoms with Crippen molar-refractivity contribution in [2.45, 2.75) is 32.1 Å². The van der Waals surface area contributed by atoms with Gasteiger partial charge in [0.2, 0.25) is 0 Å². The van der Waals surface area contributed by atoms with Crippen LogP contribution in [0.25, 0.3) is 0 Å². The van der Waals surface area contributed by atoms with Gasteiger partial charge < -0.3 is 15.4 Å². The molecular weight excluding hydrogens is 331 g/mol. The molecule has 1 aliphatic heterocycles. The van der Waals surface area contributed by atoms with Crippen LogP contribution >= 0.6 is 0 Å². The second-order valence-electron chi connectivity index (χ2n) is 7.08. The molecule has 26 heavy (non-hydrogen) atoms. The second-order valence-corrected chi connectivity index (χ2v) is 7.08. The van der Waals surface area contributed by atoms with Crippen molar-refractivity contribution in [3.63, 3.8) is 0 Å². The summed E-state index contributed by atoms with van der Waals surface area (Å²) in [5.74, 6) is -0.253. The number of rotatable bonds is 4. The third kappa shape index (κ3) is 4.41. The number of halogens is 1. The summed E-state index contributed by atoms with van der Waals surface area (Å²) in [6, 6.07) is 12.3. The van der Waals surface area contributed by atoms with E-state index in [-0.39, 0.29) is 17.3 Å². The molecule has 0 unspecified atom stereocenters. The molecule has 4 nitrogen and oxygen atoms in total. The summed E-state index contributed by atoms with van der Waals surface area (Å²) in [6.45, 7) is 5.76. The number of ether oxygens (including phenoxy) is 1. The lowest BCUT2D eigenvalue weighted by atomic mass is 9.74. The molecular formula is C21H25FN2O2. The quantitative estimate of drug-likeness (QED) is 0.857. The van der Waals surface area contributed by atoms with Gasteiger partial charge in [0.15, 0.2) is 0 Å². The fourth-order valence-corrected chi connectivity index (χ4v) is 3.60. The summed E-state index contributed by atoms with van der Waals surface area (Å²) in [5.41, 5.74) is 3.79. The Hall–Kier alpha value is -2.40. The molecule has 2 amide bonds. The zero-order valence-corrected chi connectivity index (χ0v) is 15.3. The molecule has 1 heterocycles. The summed E-state index contributed by atoms with van der Waals surface area (Å²) in [5, 5.41) is 5.89. The van der Waals surface area contributed by atoms with Gasteiger partial charge in [-0.3, -0.25) is 0 Å². The van der Waals surface area contributed by atoms with E-state index < -0.39 is 0 Å². The Bertz CT molecular complexity index is 748. The van der Waals surface area contributed by atoms with Crippen LogP contribution in [0.3, 0.4) is 0 Å². The van der Waals surface area contributed by atoms with Gasteiger partial charge in [0.05, 0.1) is 0 Å². The van der Waals surface area contributed by atoms with Crippen LogP contribution in [0, 0.1) is 19.7 Å². The number of anilines is 1. The Morgan fingerprint density at radius 2 is 1.69 bits per heavy atom. The Morgan fingerprint density at radius 3 is 2.31 bits per heavy atom. The van der Waals surface area contributed by atoms with Crippen molar-refractivity contribution in [3.05, 3.63) is 65.0 Å². The molecule has 0 aliphatic carbocycles. The van der Waals surface area contributed by atoms with Crippen LogP contribution in [0.2, 0.25) is 0 Å². The van der Waals surface area contributed by atoms with Crippen molar-refractivity contribution in [2.75, 3.05) is 25.1 Å². The van der Waals surface area contributed by atoms with Gasteiger partial charge in [-0.1, -0.05) is 18.2 Å². The van der Waals surface area contributed by atoms with Crippen molar-refractivity contribution in [1.82, 2.24) is 5.32 Å². The fourth-order valence-electron chi connectivity index (χ4n) is 3.60. The van der Waals surface area contributed by atoms with E-state index in [9.17, 15) is 9.18 Å². The second kappa shape index (κ2) is 7.87. The molecule has 0 spiro atoms. The first-order valence-corrected chi connectivity index (χ1v) is 8.94. The highest BCUT2D eigenvalue weighted by Gasteiger charge is 2.34. The first-order valence-electron chi connectivity index (χ1n) is 8.94. The normalized spacial score (nSPS) is 16.1. The first kappa shape index (κ1) is 18.4. The lowest BCUT2D eigenvalue weighted by Gasteiger charge is -2.38. The summed E-state index contributed by atoms with van der Waals surface area (Å²) in [6.07, 6.45) is 1.59. The van der Waals surface area contributed by atoms with Gasteiger partial charge in [-0.2, -0.15) is 0 Å². The van der Waals surface area contributed by atoms with Gasteiger partial charge in [0, 0.05) is 30.9 Å². The van der Waals surface area contributed by atoms with Crippen LogP contribution in [0.4, 0.5) is 14.9 Å². The predicted octanol–water partition coefficient (Wildman–Crippen LogP) is 4.31. The van der Waals surface area contributed by atoms with Crippen LogP contribution in [-0.4, -0.2) is 25.8 Å². The Labute approximate surface area is 153 Å². The van der Waals surface area contributed by atoms with Gasteiger partial charge in [0.25, 0.3) is 0 Å². The van der Waals surface area contributed by atoms with Crippen molar-refractivity contribution in [3.8, 4) is 0 Å². The topological polar surface area (TPSA) is 50.4 Å². The van der Waals surface area contributed by atoms with Crippen molar-refractivity contribution >= 4 is 11.7 Å². The number of carbonyl (C=O) groups is 1. The molecule has 3 rings (SSSR count). The van der Waals surface area contributed by atoms with E-state index in [1.165, 1.54) is 12.1 Å². The Kier molecular flexibility index (Phi) is 5.57. The number of benzene rings is 2. The number of urea groups is 1. The van der Waals surface area contributed by atoms with Crippen LogP contribution < -0.4 is 10.6 Å². The molecule has 2 aromatic rings. The average molecular weight is 356 g/mol. The maximum atomic E-state index is 13.3. The molecule has 5 heteroatoms. The summed E-state index contributed by atoms with van der Waals surface area (Å²) in [4.78, 5) is 12.4. The monoisotopic (exact) mass is 356 g/mol. The van der Waals surface area contributed by atoms with Gasteiger partial charge in [0.1, 0.15) is 5.82 Å². The summed E-state index contributed by atoms with van der Waals surface area (Å²) >= 11 is 0.